The van der Waals surface area contributed by atoms with Crippen molar-refractivity contribution in [2.24, 2.45) is 5.92 Å². The molecule has 1 heterocycles. The first-order valence-electron chi connectivity index (χ1n) is 6.75. The van der Waals surface area contributed by atoms with E-state index in [9.17, 15) is 0 Å². The maximum atomic E-state index is 3.66. The van der Waals surface area contributed by atoms with Gasteiger partial charge in [-0.25, -0.2) is 0 Å². The van der Waals surface area contributed by atoms with Crippen molar-refractivity contribution < 1.29 is 0 Å². The molecule has 2 rings (SSSR count). The van der Waals surface area contributed by atoms with Crippen LogP contribution in [0, 0.1) is 19.8 Å². The molecule has 18 heavy (non-hydrogen) atoms. The van der Waals surface area contributed by atoms with Gasteiger partial charge in [-0.15, -0.1) is 0 Å². The molecule has 0 aromatic heterocycles. The van der Waals surface area contributed by atoms with Crippen LogP contribution in [0.3, 0.4) is 0 Å². The first kappa shape index (κ1) is 13.9. The molecule has 1 aliphatic heterocycles. The van der Waals surface area contributed by atoms with E-state index in [0.717, 1.165) is 12.5 Å². The van der Waals surface area contributed by atoms with Crippen LogP contribution in [0.5, 0.6) is 0 Å². The molecule has 0 spiro atoms. The third-order valence-electron chi connectivity index (χ3n) is 3.72. The van der Waals surface area contributed by atoms with Gasteiger partial charge in [0.25, 0.3) is 0 Å². The molecular formula is C15H23BrN2. The Morgan fingerprint density at radius 1 is 1.39 bits per heavy atom. The Labute approximate surface area is 119 Å². The lowest BCUT2D eigenvalue weighted by atomic mass is 9.98. The number of nitrogens with zero attached hydrogens (tertiary/aromatic N) is 1. The van der Waals surface area contributed by atoms with Crippen LogP contribution in [-0.2, 0) is 0 Å². The first-order chi connectivity index (χ1) is 8.56. The van der Waals surface area contributed by atoms with Crippen molar-refractivity contribution >= 4 is 21.6 Å². The summed E-state index contributed by atoms with van der Waals surface area (Å²) in [7, 11) is 2.22. The third-order valence-corrected chi connectivity index (χ3v) is 4.35. The molecule has 0 radical (unpaired) electrons. The summed E-state index contributed by atoms with van der Waals surface area (Å²) in [5.41, 5.74) is 3.89. The quantitative estimate of drug-likeness (QED) is 0.913. The average Bonchev–Trinajstić information content (AvgIpc) is 2.27. The Morgan fingerprint density at radius 2 is 2.17 bits per heavy atom. The Bertz CT molecular complexity index is 394. The van der Waals surface area contributed by atoms with E-state index in [0.29, 0.717) is 0 Å². The number of rotatable bonds is 3. The fraction of sp³-hybridized carbons (Fsp3) is 0.600. The van der Waals surface area contributed by atoms with Gasteiger partial charge < -0.3 is 10.2 Å². The fourth-order valence-electron chi connectivity index (χ4n) is 2.83. The van der Waals surface area contributed by atoms with Gasteiger partial charge >= 0.3 is 0 Å². The minimum atomic E-state index is 0.774. The molecule has 1 atom stereocenters. The van der Waals surface area contributed by atoms with Crippen molar-refractivity contribution in [1.29, 1.82) is 0 Å². The Kier molecular flexibility index (Phi) is 4.68. The zero-order chi connectivity index (χ0) is 13.1. The predicted molar refractivity (Wildman–Crippen MR) is 82.3 cm³/mol. The van der Waals surface area contributed by atoms with Crippen LogP contribution in [0.1, 0.15) is 24.0 Å². The number of hydrogen-bond donors (Lipinski definition) is 1. The molecule has 1 aromatic rings. The van der Waals surface area contributed by atoms with Crippen molar-refractivity contribution in [3.8, 4) is 0 Å². The summed E-state index contributed by atoms with van der Waals surface area (Å²) in [6.07, 6.45) is 2.68. The number of aryl methyl sites for hydroxylation is 2. The van der Waals surface area contributed by atoms with Gasteiger partial charge in [0.15, 0.2) is 0 Å². The number of hydrogen-bond acceptors (Lipinski definition) is 2. The van der Waals surface area contributed by atoms with E-state index in [2.05, 4.69) is 59.2 Å². The van der Waals surface area contributed by atoms with Crippen LogP contribution in [0.4, 0.5) is 5.69 Å². The lowest BCUT2D eigenvalue weighted by molar-refractivity contribution is 0.217. The predicted octanol–water partition coefficient (Wildman–Crippen LogP) is 3.82. The van der Waals surface area contributed by atoms with Crippen LogP contribution in [0.15, 0.2) is 16.6 Å². The summed E-state index contributed by atoms with van der Waals surface area (Å²) in [5, 5.41) is 3.63. The monoisotopic (exact) mass is 310 g/mol. The van der Waals surface area contributed by atoms with Crippen molar-refractivity contribution in [3.63, 3.8) is 0 Å². The number of benzene rings is 1. The van der Waals surface area contributed by atoms with Crippen LogP contribution >= 0.6 is 15.9 Å². The number of piperidine rings is 1. The van der Waals surface area contributed by atoms with Crippen LogP contribution < -0.4 is 5.32 Å². The van der Waals surface area contributed by atoms with Crippen molar-refractivity contribution in [2.45, 2.75) is 26.7 Å². The van der Waals surface area contributed by atoms with E-state index >= 15 is 0 Å². The molecule has 0 amide bonds. The lowest BCUT2D eigenvalue weighted by Crippen LogP contribution is -2.35. The SMILES string of the molecule is Cc1cc(C)c(NCC2CCCN(C)C2)c(Br)c1. The summed E-state index contributed by atoms with van der Waals surface area (Å²) in [6.45, 7) is 7.86. The Balaban J connectivity index is 1.97. The van der Waals surface area contributed by atoms with E-state index in [1.165, 1.54) is 47.2 Å². The highest BCUT2D eigenvalue weighted by molar-refractivity contribution is 9.10. The van der Waals surface area contributed by atoms with E-state index in [1.807, 2.05) is 0 Å². The van der Waals surface area contributed by atoms with Crippen LogP contribution in [-0.4, -0.2) is 31.6 Å². The molecule has 1 fully saturated rings. The number of anilines is 1. The van der Waals surface area contributed by atoms with Gasteiger partial charge in [-0.3, -0.25) is 0 Å². The molecule has 1 aromatic carbocycles. The summed E-state index contributed by atoms with van der Waals surface area (Å²) < 4.78 is 1.18. The molecular weight excluding hydrogens is 288 g/mol. The highest BCUT2D eigenvalue weighted by atomic mass is 79.9. The second-order valence-electron chi connectivity index (χ2n) is 5.59. The zero-order valence-corrected chi connectivity index (χ0v) is 13.2. The van der Waals surface area contributed by atoms with Gasteiger partial charge in [0.1, 0.15) is 0 Å². The molecule has 0 bridgehead atoms. The van der Waals surface area contributed by atoms with Gasteiger partial charge in [-0.2, -0.15) is 0 Å². The number of halogens is 1. The molecule has 1 unspecified atom stereocenters. The zero-order valence-electron chi connectivity index (χ0n) is 11.6. The maximum absolute atomic E-state index is 3.66. The summed E-state index contributed by atoms with van der Waals surface area (Å²) in [4.78, 5) is 2.44. The standard InChI is InChI=1S/C15H23BrN2/c1-11-7-12(2)15(14(16)8-11)17-9-13-5-4-6-18(3)10-13/h7-8,13,17H,4-6,9-10H2,1-3H3. The molecule has 1 saturated heterocycles. The van der Waals surface area contributed by atoms with Gasteiger partial charge in [-0.05, 0) is 79.3 Å². The average molecular weight is 311 g/mol. The maximum Gasteiger partial charge on any atom is 0.0514 e. The van der Waals surface area contributed by atoms with Crippen molar-refractivity contribution in [2.75, 3.05) is 32.0 Å². The lowest BCUT2D eigenvalue weighted by Gasteiger charge is -2.30. The highest BCUT2D eigenvalue weighted by Crippen LogP contribution is 2.28. The smallest absolute Gasteiger partial charge is 0.0514 e. The van der Waals surface area contributed by atoms with E-state index in [4.69, 9.17) is 0 Å². The molecule has 2 nitrogen and oxygen atoms in total. The molecule has 0 aliphatic carbocycles. The highest BCUT2D eigenvalue weighted by Gasteiger charge is 2.17. The van der Waals surface area contributed by atoms with Crippen LogP contribution in [0.2, 0.25) is 0 Å². The minimum Gasteiger partial charge on any atom is -0.384 e. The largest absolute Gasteiger partial charge is 0.384 e. The van der Waals surface area contributed by atoms with Gasteiger partial charge in [0, 0.05) is 17.6 Å². The number of nitrogens with one attached hydrogen (secondary N) is 1. The molecule has 1 aliphatic rings. The van der Waals surface area contributed by atoms with Crippen molar-refractivity contribution in [3.05, 3.63) is 27.7 Å². The molecule has 0 saturated carbocycles. The number of likely N-dealkylation sites (tertiary alicyclic amines) is 1. The van der Waals surface area contributed by atoms with Gasteiger partial charge in [-0.1, -0.05) is 6.07 Å². The van der Waals surface area contributed by atoms with E-state index < -0.39 is 0 Å². The second kappa shape index (κ2) is 6.07. The normalized spacial score (nSPS) is 21.0. The Morgan fingerprint density at radius 3 is 2.83 bits per heavy atom. The fourth-order valence-corrected chi connectivity index (χ4v) is 3.64. The summed E-state index contributed by atoms with van der Waals surface area (Å²) >= 11 is 3.66. The first-order valence-corrected chi connectivity index (χ1v) is 7.54. The van der Waals surface area contributed by atoms with Gasteiger partial charge in [0.05, 0.1) is 5.69 Å². The van der Waals surface area contributed by atoms with Crippen LogP contribution in [0.25, 0.3) is 0 Å². The topological polar surface area (TPSA) is 15.3 Å². The molecule has 3 heteroatoms. The molecule has 1 N–H and O–H groups in total. The van der Waals surface area contributed by atoms with Crippen molar-refractivity contribution in [1.82, 2.24) is 4.90 Å². The van der Waals surface area contributed by atoms with E-state index in [1.54, 1.807) is 0 Å². The summed E-state index contributed by atoms with van der Waals surface area (Å²) in [6, 6.07) is 4.42. The van der Waals surface area contributed by atoms with Gasteiger partial charge in [0.2, 0.25) is 0 Å². The minimum absolute atomic E-state index is 0.774. The Hall–Kier alpha value is -0.540. The van der Waals surface area contributed by atoms with E-state index in [-0.39, 0.29) is 0 Å². The summed E-state index contributed by atoms with van der Waals surface area (Å²) in [5.74, 6) is 0.774. The molecule has 100 valence electrons. The third kappa shape index (κ3) is 3.48. The second-order valence-corrected chi connectivity index (χ2v) is 6.44.